The molecular formula is Cl4KRh. The maximum atomic E-state index is 0. The molecule has 0 saturated heterocycles. The summed E-state index contributed by atoms with van der Waals surface area (Å²) in [4.78, 5) is 0. The molecule has 0 radical (unpaired) electrons. The average molecular weight is 284 g/mol. The molecule has 0 aliphatic carbocycles. The summed E-state index contributed by atoms with van der Waals surface area (Å²) in [6.07, 6.45) is 0. The smallest absolute Gasteiger partial charge is 1.00 e. The second-order valence-corrected chi connectivity index (χ2v) is 0. The van der Waals surface area contributed by atoms with Crippen LogP contribution in [0.4, 0.5) is 0 Å². The number of hydrogen-bond acceptors (Lipinski definition) is 0. The molecule has 6 heavy (non-hydrogen) atoms. The normalized spacial score (nSPS) is 0. The molecule has 0 saturated carbocycles. The van der Waals surface area contributed by atoms with E-state index in [0.29, 0.717) is 0 Å². The van der Waals surface area contributed by atoms with Crippen molar-refractivity contribution < 1.29 is 120 Å². The minimum atomic E-state index is 0. The zero-order valence-corrected chi connectivity index (χ0v) is 10.6. The van der Waals surface area contributed by atoms with Gasteiger partial charge in [0.15, 0.2) is 0 Å². The molecule has 6 heteroatoms. The second kappa shape index (κ2) is 39.6. The van der Waals surface area contributed by atoms with Crippen LogP contribution in [0.2, 0.25) is 0 Å². The van der Waals surface area contributed by atoms with Gasteiger partial charge in [0.25, 0.3) is 0 Å². The van der Waals surface area contributed by atoms with Gasteiger partial charge in [0.2, 0.25) is 0 Å². The third kappa shape index (κ3) is 26.1. The fourth-order valence-corrected chi connectivity index (χ4v) is 0. The predicted molar refractivity (Wildman–Crippen MR) is 0 cm³/mol. The van der Waals surface area contributed by atoms with Crippen LogP contribution in [0.25, 0.3) is 0 Å². The minimum Gasteiger partial charge on any atom is -1.00 e. The fraction of sp³-hybridized carbons (Fsp3) is 0. The summed E-state index contributed by atoms with van der Waals surface area (Å²) in [6.45, 7) is 0. The van der Waals surface area contributed by atoms with Crippen LogP contribution in [0.3, 0.4) is 0 Å². The molecule has 0 aromatic rings. The van der Waals surface area contributed by atoms with Crippen molar-refractivity contribution in [1.29, 1.82) is 0 Å². The number of hydrogen-bond donors (Lipinski definition) is 0. The second-order valence-electron chi connectivity index (χ2n) is 0. The fourth-order valence-electron chi connectivity index (χ4n) is 0. The molecule has 0 aromatic carbocycles. The Kier molecular flexibility index (Phi) is 377. The predicted octanol–water partition coefficient (Wildman–Crippen LogP) is -15.0. The van der Waals surface area contributed by atoms with Gasteiger partial charge in [-0.1, -0.05) is 0 Å². The van der Waals surface area contributed by atoms with Crippen molar-refractivity contribution in [3.8, 4) is 0 Å². The van der Waals surface area contributed by atoms with Crippen molar-refractivity contribution in [2.24, 2.45) is 0 Å². The third-order valence-corrected chi connectivity index (χ3v) is 0. The van der Waals surface area contributed by atoms with Gasteiger partial charge in [0.1, 0.15) is 0 Å². The van der Waals surface area contributed by atoms with Crippen molar-refractivity contribution in [3.05, 3.63) is 0 Å². The van der Waals surface area contributed by atoms with Crippen LogP contribution in [-0.2, 0) is 19.5 Å². The van der Waals surface area contributed by atoms with Crippen molar-refractivity contribution in [2.75, 3.05) is 0 Å². The van der Waals surface area contributed by atoms with Gasteiger partial charge in [0.05, 0.1) is 0 Å². The molecule has 0 aromatic heterocycles. The molecule has 0 spiro atoms. The Morgan fingerprint density at radius 1 is 0.500 bits per heavy atom. The van der Waals surface area contributed by atoms with Crippen LogP contribution >= 0.6 is 0 Å². The van der Waals surface area contributed by atoms with Crippen LogP contribution in [-0.4, -0.2) is 0 Å². The summed E-state index contributed by atoms with van der Waals surface area (Å²) in [6, 6.07) is 0. The third-order valence-electron chi connectivity index (χ3n) is 0. The average Bonchev–Trinajstić information content (AvgIpc) is 0. The Labute approximate surface area is 118 Å². The summed E-state index contributed by atoms with van der Waals surface area (Å²) >= 11 is 0. The summed E-state index contributed by atoms with van der Waals surface area (Å²) in [7, 11) is 0. The molecule has 0 aliphatic heterocycles. The summed E-state index contributed by atoms with van der Waals surface area (Å²) in [5.41, 5.74) is 0. The Morgan fingerprint density at radius 3 is 0.500 bits per heavy atom. The van der Waals surface area contributed by atoms with E-state index in [1.54, 1.807) is 0 Å². The SMILES string of the molecule is [Cl-].[Cl-].[Cl-].[Cl-].[K+].[Rh+3]. The van der Waals surface area contributed by atoms with Gasteiger partial charge in [-0.2, -0.15) is 0 Å². The molecule has 0 atom stereocenters. The van der Waals surface area contributed by atoms with E-state index in [-0.39, 0.29) is 120 Å². The van der Waals surface area contributed by atoms with Gasteiger partial charge in [-0.3, -0.25) is 0 Å². The molecular weight excluding hydrogens is 284 g/mol. The summed E-state index contributed by atoms with van der Waals surface area (Å²) in [5, 5.41) is 0. The van der Waals surface area contributed by atoms with Gasteiger partial charge >= 0.3 is 70.9 Å². The largest absolute Gasteiger partial charge is 3.00 e. The molecule has 0 bridgehead atoms. The Hall–Kier alpha value is 3.42. The first-order valence-electron chi connectivity index (χ1n) is 0. The molecule has 0 N–H and O–H groups in total. The first-order valence-corrected chi connectivity index (χ1v) is 0. The Balaban J connectivity index is 0. The van der Waals surface area contributed by atoms with Crippen LogP contribution < -0.4 is 101 Å². The summed E-state index contributed by atoms with van der Waals surface area (Å²) < 4.78 is 0. The molecule has 0 aliphatic rings. The van der Waals surface area contributed by atoms with E-state index in [2.05, 4.69) is 0 Å². The Bertz CT molecular complexity index is 7.51. The first kappa shape index (κ1) is 57.1. The number of rotatable bonds is 0. The van der Waals surface area contributed by atoms with Gasteiger partial charge in [-0.15, -0.1) is 0 Å². The van der Waals surface area contributed by atoms with Gasteiger partial charge in [-0.05, 0) is 0 Å². The summed E-state index contributed by atoms with van der Waals surface area (Å²) in [5.74, 6) is 0. The quantitative estimate of drug-likeness (QED) is 0.388. The van der Waals surface area contributed by atoms with E-state index < -0.39 is 0 Å². The van der Waals surface area contributed by atoms with Crippen molar-refractivity contribution >= 4 is 0 Å². The van der Waals surface area contributed by atoms with Gasteiger partial charge in [-0.25, -0.2) is 0 Å². The topological polar surface area (TPSA) is 0 Å². The molecule has 0 heterocycles. The van der Waals surface area contributed by atoms with Crippen LogP contribution in [0.15, 0.2) is 0 Å². The molecule has 0 nitrogen and oxygen atoms in total. The Morgan fingerprint density at radius 2 is 0.500 bits per heavy atom. The van der Waals surface area contributed by atoms with Crippen LogP contribution in [0.5, 0.6) is 0 Å². The zero-order valence-electron chi connectivity index (χ0n) is 2.85. The van der Waals surface area contributed by atoms with E-state index in [0.717, 1.165) is 0 Å². The first-order chi connectivity index (χ1) is 0. The van der Waals surface area contributed by atoms with Crippen LogP contribution in [0.1, 0.15) is 0 Å². The molecule has 0 unspecified atom stereocenters. The molecule has 0 rings (SSSR count). The van der Waals surface area contributed by atoms with Gasteiger partial charge in [0, 0.05) is 0 Å². The van der Waals surface area contributed by atoms with E-state index in [4.69, 9.17) is 0 Å². The standard InChI is InChI=1S/4ClH.K.Rh/h4*1H;;/q;;;;+1;+3/p-4. The monoisotopic (exact) mass is 282 g/mol. The van der Waals surface area contributed by atoms with E-state index in [1.807, 2.05) is 0 Å². The van der Waals surface area contributed by atoms with E-state index in [1.165, 1.54) is 0 Å². The van der Waals surface area contributed by atoms with E-state index in [9.17, 15) is 0 Å². The number of halogens is 4. The van der Waals surface area contributed by atoms with E-state index >= 15 is 0 Å². The molecule has 0 fully saturated rings. The van der Waals surface area contributed by atoms with Crippen molar-refractivity contribution in [2.45, 2.75) is 0 Å². The minimum absolute atomic E-state index is 0. The maximum Gasteiger partial charge on any atom is 3.00 e. The van der Waals surface area contributed by atoms with Gasteiger partial charge < -0.3 is 49.6 Å². The van der Waals surface area contributed by atoms with Crippen LogP contribution in [0, 0.1) is 0 Å². The molecule has 38 valence electrons. The van der Waals surface area contributed by atoms with Crippen molar-refractivity contribution in [1.82, 2.24) is 0 Å². The zero-order chi connectivity index (χ0) is 0. The van der Waals surface area contributed by atoms with Crippen molar-refractivity contribution in [3.63, 3.8) is 0 Å². The maximum absolute atomic E-state index is 0. The molecule has 0 amide bonds.